The molecule has 8 heteroatoms. The number of urea groups is 1. The number of carbonyl (C=O) groups is 3. The van der Waals surface area contributed by atoms with E-state index < -0.39 is 17.6 Å². The lowest BCUT2D eigenvalue weighted by molar-refractivity contribution is -0.144. The molecular formula is C15H25ClN4O3. The van der Waals surface area contributed by atoms with Crippen molar-refractivity contribution in [1.82, 2.24) is 20.4 Å². The molecule has 3 fully saturated rings. The van der Waals surface area contributed by atoms with Crippen molar-refractivity contribution in [2.45, 2.75) is 57.2 Å². The zero-order valence-corrected chi connectivity index (χ0v) is 14.4. The number of imide groups is 1. The molecule has 1 aliphatic carbocycles. The Morgan fingerprint density at radius 3 is 2.57 bits per heavy atom. The molecule has 2 saturated heterocycles. The molecule has 2 N–H and O–H groups in total. The maximum Gasteiger partial charge on any atom is 0.325 e. The fourth-order valence-corrected chi connectivity index (χ4v) is 3.83. The van der Waals surface area contributed by atoms with E-state index in [1.807, 2.05) is 6.92 Å². The summed E-state index contributed by atoms with van der Waals surface area (Å²) in [4.78, 5) is 40.6. The lowest BCUT2D eigenvalue weighted by Crippen LogP contribution is -2.58. The number of piperazine rings is 1. The summed E-state index contributed by atoms with van der Waals surface area (Å²) in [5.41, 5.74) is -0.749. The van der Waals surface area contributed by atoms with Gasteiger partial charge in [-0.05, 0) is 26.7 Å². The minimum absolute atomic E-state index is 0. The van der Waals surface area contributed by atoms with Crippen LogP contribution >= 0.6 is 12.4 Å². The highest BCUT2D eigenvalue weighted by Crippen LogP contribution is 2.36. The molecule has 2 aliphatic heterocycles. The second-order valence-corrected chi connectivity index (χ2v) is 6.66. The van der Waals surface area contributed by atoms with Crippen LogP contribution in [0.1, 0.15) is 39.5 Å². The predicted octanol–water partition coefficient (Wildman–Crippen LogP) is 0.482. The number of halogens is 1. The van der Waals surface area contributed by atoms with Crippen molar-refractivity contribution >= 4 is 30.3 Å². The summed E-state index contributed by atoms with van der Waals surface area (Å²) in [7, 11) is 0. The maximum absolute atomic E-state index is 12.7. The summed E-state index contributed by atoms with van der Waals surface area (Å²) in [6.45, 7) is 5.72. The molecular weight excluding hydrogens is 320 g/mol. The zero-order chi connectivity index (χ0) is 15.9. The molecule has 7 nitrogen and oxygen atoms in total. The minimum atomic E-state index is -0.749. The van der Waals surface area contributed by atoms with Crippen LogP contribution in [0.3, 0.4) is 0 Å². The first-order chi connectivity index (χ1) is 10.5. The summed E-state index contributed by atoms with van der Waals surface area (Å²) in [5, 5.41) is 6.06. The van der Waals surface area contributed by atoms with Crippen LogP contribution in [-0.4, -0.2) is 64.9 Å². The van der Waals surface area contributed by atoms with Gasteiger partial charge in [-0.2, -0.15) is 0 Å². The quantitative estimate of drug-likeness (QED) is 0.714. The maximum atomic E-state index is 12.7. The molecule has 0 bridgehead atoms. The molecule has 4 amide bonds. The molecule has 2 unspecified atom stereocenters. The van der Waals surface area contributed by atoms with Crippen molar-refractivity contribution in [2.75, 3.05) is 19.6 Å². The molecule has 3 aliphatic rings. The largest absolute Gasteiger partial charge is 0.336 e. The van der Waals surface area contributed by atoms with Gasteiger partial charge in [-0.1, -0.05) is 12.8 Å². The van der Waals surface area contributed by atoms with E-state index >= 15 is 0 Å². The van der Waals surface area contributed by atoms with E-state index in [9.17, 15) is 14.4 Å². The Labute approximate surface area is 142 Å². The Morgan fingerprint density at radius 1 is 1.30 bits per heavy atom. The van der Waals surface area contributed by atoms with Crippen LogP contribution in [0.25, 0.3) is 0 Å². The van der Waals surface area contributed by atoms with Gasteiger partial charge in [0, 0.05) is 25.7 Å². The van der Waals surface area contributed by atoms with Gasteiger partial charge >= 0.3 is 6.03 Å². The third-order valence-electron chi connectivity index (χ3n) is 5.18. The summed E-state index contributed by atoms with van der Waals surface area (Å²) in [6, 6.07) is -1.09. The van der Waals surface area contributed by atoms with Gasteiger partial charge in [-0.15, -0.1) is 12.4 Å². The highest BCUT2D eigenvalue weighted by atomic mass is 35.5. The smallest absolute Gasteiger partial charge is 0.325 e. The van der Waals surface area contributed by atoms with E-state index in [1.54, 1.807) is 11.8 Å². The topological polar surface area (TPSA) is 81.8 Å². The second-order valence-electron chi connectivity index (χ2n) is 6.66. The van der Waals surface area contributed by atoms with E-state index in [0.29, 0.717) is 19.4 Å². The van der Waals surface area contributed by atoms with Gasteiger partial charge in [0.1, 0.15) is 11.6 Å². The van der Waals surface area contributed by atoms with Crippen LogP contribution in [0.15, 0.2) is 0 Å². The lowest BCUT2D eigenvalue weighted by atomic mass is 9.97. The summed E-state index contributed by atoms with van der Waals surface area (Å²) in [6.07, 6.45) is 3.24. The Balaban J connectivity index is 0.00000192. The Kier molecular flexibility index (Phi) is 5.20. The fourth-order valence-electron chi connectivity index (χ4n) is 3.83. The molecule has 0 radical (unpaired) electrons. The monoisotopic (exact) mass is 344 g/mol. The molecule has 130 valence electrons. The van der Waals surface area contributed by atoms with Gasteiger partial charge in [0.05, 0.1) is 0 Å². The van der Waals surface area contributed by atoms with E-state index in [2.05, 4.69) is 10.6 Å². The normalized spacial score (nSPS) is 27.8. The van der Waals surface area contributed by atoms with Crippen molar-refractivity contribution in [1.29, 1.82) is 0 Å². The zero-order valence-electron chi connectivity index (χ0n) is 13.6. The Bertz CT molecular complexity index is 507. The fraction of sp³-hybridized carbons (Fsp3) is 0.800. The van der Waals surface area contributed by atoms with Crippen molar-refractivity contribution < 1.29 is 14.4 Å². The number of nitrogens with zero attached hydrogens (tertiary/aromatic N) is 2. The molecule has 0 aromatic heterocycles. The van der Waals surface area contributed by atoms with Crippen molar-refractivity contribution in [3.8, 4) is 0 Å². The van der Waals surface area contributed by atoms with Crippen molar-refractivity contribution in [3.63, 3.8) is 0 Å². The Morgan fingerprint density at radius 2 is 1.96 bits per heavy atom. The first-order valence-corrected chi connectivity index (χ1v) is 8.13. The van der Waals surface area contributed by atoms with Gasteiger partial charge in [0.15, 0.2) is 0 Å². The second kappa shape index (κ2) is 6.65. The number of amides is 4. The summed E-state index contributed by atoms with van der Waals surface area (Å²) in [5.74, 6) is -0.369. The number of rotatable bonds is 2. The van der Waals surface area contributed by atoms with Crippen LogP contribution in [0.4, 0.5) is 4.79 Å². The SMILES string of the molecule is CC1CNCCN1C(=O)C(C)N1C(=O)NC2(CCCC2)C1=O.Cl. The molecule has 3 rings (SSSR count). The van der Waals surface area contributed by atoms with Crippen LogP contribution in [0.5, 0.6) is 0 Å². The third-order valence-corrected chi connectivity index (χ3v) is 5.18. The van der Waals surface area contributed by atoms with Crippen LogP contribution < -0.4 is 10.6 Å². The van der Waals surface area contributed by atoms with Gasteiger partial charge in [-0.25, -0.2) is 9.69 Å². The van der Waals surface area contributed by atoms with E-state index in [4.69, 9.17) is 0 Å². The van der Waals surface area contributed by atoms with E-state index in [-0.39, 0.29) is 30.3 Å². The van der Waals surface area contributed by atoms with Gasteiger partial charge in [0.25, 0.3) is 5.91 Å². The van der Waals surface area contributed by atoms with Gasteiger partial charge < -0.3 is 15.5 Å². The van der Waals surface area contributed by atoms with Crippen molar-refractivity contribution in [3.05, 3.63) is 0 Å². The average Bonchev–Trinajstić information content (AvgIpc) is 3.05. The van der Waals surface area contributed by atoms with Gasteiger partial charge in [0.2, 0.25) is 5.91 Å². The molecule has 2 atom stereocenters. The van der Waals surface area contributed by atoms with Crippen molar-refractivity contribution in [2.24, 2.45) is 0 Å². The van der Waals surface area contributed by atoms with E-state index in [1.165, 1.54) is 0 Å². The molecule has 0 aromatic rings. The number of carbonyl (C=O) groups excluding carboxylic acids is 3. The number of hydrogen-bond donors (Lipinski definition) is 2. The first-order valence-electron chi connectivity index (χ1n) is 8.13. The highest BCUT2D eigenvalue weighted by molar-refractivity contribution is 6.10. The number of nitrogens with one attached hydrogen (secondary N) is 2. The first kappa shape index (κ1) is 18.0. The Hall–Kier alpha value is -1.34. The van der Waals surface area contributed by atoms with Crippen LogP contribution in [0, 0.1) is 0 Å². The number of hydrogen-bond acceptors (Lipinski definition) is 4. The van der Waals surface area contributed by atoms with Crippen LogP contribution in [0.2, 0.25) is 0 Å². The standard InChI is InChI=1S/C15H24N4O3.ClH/c1-10-9-16-7-8-18(10)12(20)11(2)19-13(21)15(17-14(19)22)5-3-4-6-15;/h10-11,16H,3-9H2,1-2H3,(H,17,22);1H. The molecule has 23 heavy (non-hydrogen) atoms. The summed E-state index contributed by atoms with van der Waals surface area (Å²) >= 11 is 0. The summed E-state index contributed by atoms with van der Waals surface area (Å²) < 4.78 is 0. The third kappa shape index (κ3) is 2.92. The average molecular weight is 345 g/mol. The lowest BCUT2D eigenvalue weighted by Gasteiger charge is -2.37. The molecule has 0 aromatic carbocycles. The highest BCUT2D eigenvalue weighted by Gasteiger charge is 2.54. The molecule has 2 heterocycles. The molecule has 1 spiro atoms. The van der Waals surface area contributed by atoms with Crippen LogP contribution in [-0.2, 0) is 9.59 Å². The van der Waals surface area contributed by atoms with Gasteiger partial charge in [-0.3, -0.25) is 9.59 Å². The minimum Gasteiger partial charge on any atom is -0.336 e. The predicted molar refractivity (Wildman–Crippen MR) is 87.3 cm³/mol. The molecule has 1 saturated carbocycles. The van der Waals surface area contributed by atoms with E-state index in [0.717, 1.165) is 30.8 Å².